The molecule has 2 aromatic rings. The Hall–Kier alpha value is -1.64. The van der Waals surface area contributed by atoms with E-state index in [4.69, 9.17) is 5.73 Å². The minimum atomic E-state index is 0.0652. The van der Waals surface area contributed by atoms with Crippen LogP contribution in [-0.4, -0.2) is 25.2 Å². The summed E-state index contributed by atoms with van der Waals surface area (Å²) in [6.45, 7) is 0. The Labute approximate surface area is 122 Å². The molecule has 0 radical (unpaired) electrons. The summed E-state index contributed by atoms with van der Waals surface area (Å²) < 4.78 is 0. The summed E-state index contributed by atoms with van der Waals surface area (Å²) in [4.78, 5) is 2.11. The largest absolute Gasteiger partial charge is 0.315 e. The van der Waals surface area contributed by atoms with Gasteiger partial charge in [-0.25, -0.2) is 0 Å². The minimum Gasteiger partial charge on any atom is -0.315 e. The van der Waals surface area contributed by atoms with Gasteiger partial charge in [0.2, 0.25) is 0 Å². The van der Waals surface area contributed by atoms with Gasteiger partial charge in [-0.2, -0.15) is 0 Å². The Kier molecular flexibility index (Phi) is 5.33. The quantitative estimate of drug-likeness (QED) is 0.816. The van der Waals surface area contributed by atoms with Crippen LogP contribution < -0.4 is 5.73 Å². The molecule has 0 spiro atoms. The fraction of sp³-hybridized carbons (Fsp3) is 0.333. The highest BCUT2D eigenvalue weighted by Crippen LogP contribution is 2.18. The maximum Gasteiger partial charge on any atom is 0.0602 e. The van der Waals surface area contributed by atoms with Gasteiger partial charge in [-0.3, -0.25) is 4.90 Å². The van der Waals surface area contributed by atoms with E-state index in [1.54, 1.807) is 0 Å². The van der Waals surface area contributed by atoms with Gasteiger partial charge in [0.25, 0.3) is 0 Å². The van der Waals surface area contributed by atoms with Crippen LogP contribution in [0.2, 0.25) is 0 Å². The van der Waals surface area contributed by atoms with E-state index in [0.29, 0.717) is 5.92 Å². The lowest BCUT2D eigenvalue weighted by Gasteiger charge is -2.29. The average Bonchev–Trinajstić information content (AvgIpc) is 2.48. The van der Waals surface area contributed by atoms with E-state index in [-0.39, 0.29) is 6.17 Å². The van der Waals surface area contributed by atoms with Crippen molar-refractivity contribution in [2.75, 3.05) is 14.1 Å². The van der Waals surface area contributed by atoms with E-state index in [0.717, 1.165) is 12.8 Å². The minimum absolute atomic E-state index is 0.0652. The van der Waals surface area contributed by atoms with Gasteiger partial charge in [-0.1, -0.05) is 60.7 Å². The number of hydrogen-bond acceptors (Lipinski definition) is 2. The summed E-state index contributed by atoms with van der Waals surface area (Å²) in [6.07, 6.45) is 2.08. The third-order valence-corrected chi connectivity index (χ3v) is 3.76. The van der Waals surface area contributed by atoms with Crippen molar-refractivity contribution in [3.63, 3.8) is 0 Å². The molecule has 0 fully saturated rings. The molecule has 2 nitrogen and oxygen atoms in total. The van der Waals surface area contributed by atoms with Crippen molar-refractivity contribution in [1.82, 2.24) is 4.90 Å². The van der Waals surface area contributed by atoms with Crippen LogP contribution >= 0.6 is 0 Å². The van der Waals surface area contributed by atoms with Crippen molar-refractivity contribution in [3.05, 3.63) is 71.8 Å². The van der Waals surface area contributed by atoms with Gasteiger partial charge in [0.15, 0.2) is 0 Å². The molecule has 0 saturated heterocycles. The monoisotopic (exact) mass is 268 g/mol. The van der Waals surface area contributed by atoms with Crippen molar-refractivity contribution in [3.8, 4) is 0 Å². The molecule has 2 aromatic carbocycles. The third kappa shape index (κ3) is 4.19. The number of nitrogens with two attached hydrogens (primary N) is 1. The van der Waals surface area contributed by atoms with Crippen LogP contribution in [0.4, 0.5) is 0 Å². The predicted molar refractivity (Wildman–Crippen MR) is 85.4 cm³/mol. The van der Waals surface area contributed by atoms with E-state index in [1.807, 2.05) is 14.1 Å². The van der Waals surface area contributed by atoms with E-state index >= 15 is 0 Å². The van der Waals surface area contributed by atoms with E-state index < -0.39 is 0 Å². The number of hydrogen-bond donors (Lipinski definition) is 1. The molecule has 1 atom stereocenters. The Bertz CT molecular complexity index is 452. The highest BCUT2D eigenvalue weighted by atomic mass is 15.2. The zero-order chi connectivity index (χ0) is 14.4. The zero-order valence-electron chi connectivity index (χ0n) is 12.4. The highest BCUT2D eigenvalue weighted by Gasteiger charge is 2.20. The van der Waals surface area contributed by atoms with Crippen LogP contribution in [0.5, 0.6) is 0 Å². The predicted octanol–water partition coefficient (Wildman–Crippen LogP) is 2.93. The summed E-state index contributed by atoms with van der Waals surface area (Å²) in [5.41, 5.74) is 9.09. The van der Waals surface area contributed by atoms with Crippen LogP contribution in [0.3, 0.4) is 0 Å². The molecule has 106 valence electrons. The third-order valence-electron chi connectivity index (χ3n) is 3.76. The number of rotatable bonds is 6. The second kappa shape index (κ2) is 7.22. The van der Waals surface area contributed by atoms with Crippen LogP contribution in [0, 0.1) is 5.92 Å². The summed E-state index contributed by atoms with van der Waals surface area (Å²) in [5.74, 6) is 0.412. The Morgan fingerprint density at radius 2 is 1.20 bits per heavy atom. The maximum atomic E-state index is 6.38. The molecule has 1 unspecified atom stereocenters. The van der Waals surface area contributed by atoms with Gasteiger partial charge < -0.3 is 5.73 Å². The van der Waals surface area contributed by atoms with Crippen molar-refractivity contribution in [1.29, 1.82) is 0 Å². The lowest BCUT2D eigenvalue weighted by molar-refractivity contribution is 0.212. The lowest BCUT2D eigenvalue weighted by atomic mass is 9.90. The first-order chi connectivity index (χ1) is 9.66. The topological polar surface area (TPSA) is 29.3 Å². The summed E-state index contributed by atoms with van der Waals surface area (Å²) in [6, 6.07) is 21.2. The number of nitrogens with zero attached hydrogens (tertiary/aromatic N) is 1. The first kappa shape index (κ1) is 14.8. The Balaban J connectivity index is 2.12. The Morgan fingerprint density at radius 1 is 0.800 bits per heavy atom. The zero-order valence-corrected chi connectivity index (χ0v) is 12.4. The fourth-order valence-electron chi connectivity index (χ4n) is 2.57. The number of benzene rings is 2. The first-order valence-electron chi connectivity index (χ1n) is 7.16. The van der Waals surface area contributed by atoms with E-state index in [1.165, 1.54) is 11.1 Å². The first-order valence-corrected chi connectivity index (χ1v) is 7.16. The van der Waals surface area contributed by atoms with Gasteiger partial charge in [-0.15, -0.1) is 0 Å². The molecule has 0 bridgehead atoms. The standard InChI is InChI=1S/C18H24N2/c1-20(2)18(19)17(13-15-9-5-3-6-10-15)14-16-11-7-4-8-12-16/h3-12,17-18H,13-14,19H2,1-2H3. The summed E-state index contributed by atoms with van der Waals surface area (Å²) in [7, 11) is 4.10. The van der Waals surface area contributed by atoms with Crippen molar-refractivity contribution >= 4 is 0 Å². The second-order valence-electron chi connectivity index (χ2n) is 5.59. The van der Waals surface area contributed by atoms with Crippen LogP contribution in [0.1, 0.15) is 11.1 Å². The van der Waals surface area contributed by atoms with Gasteiger partial charge >= 0.3 is 0 Å². The van der Waals surface area contributed by atoms with Gasteiger partial charge in [0.05, 0.1) is 6.17 Å². The van der Waals surface area contributed by atoms with Crippen molar-refractivity contribution in [2.45, 2.75) is 19.0 Å². The molecule has 20 heavy (non-hydrogen) atoms. The van der Waals surface area contributed by atoms with E-state index in [9.17, 15) is 0 Å². The van der Waals surface area contributed by atoms with Crippen LogP contribution in [0.25, 0.3) is 0 Å². The summed E-state index contributed by atoms with van der Waals surface area (Å²) >= 11 is 0. The SMILES string of the molecule is CN(C)C(N)C(Cc1ccccc1)Cc1ccccc1. The molecule has 0 saturated carbocycles. The molecule has 0 aromatic heterocycles. The lowest BCUT2D eigenvalue weighted by Crippen LogP contribution is -2.44. The van der Waals surface area contributed by atoms with Crippen molar-refractivity contribution < 1.29 is 0 Å². The molecule has 0 heterocycles. The molecule has 0 amide bonds. The fourth-order valence-corrected chi connectivity index (χ4v) is 2.57. The van der Waals surface area contributed by atoms with Gasteiger partial charge in [0.1, 0.15) is 0 Å². The molecular formula is C18H24N2. The molecule has 2 rings (SSSR count). The average molecular weight is 268 g/mol. The molecular weight excluding hydrogens is 244 g/mol. The molecule has 0 aliphatic rings. The van der Waals surface area contributed by atoms with Crippen molar-refractivity contribution in [2.24, 2.45) is 11.7 Å². The van der Waals surface area contributed by atoms with Gasteiger partial charge in [0, 0.05) is 0 Å². The van der Waals surface area contributed by atoms with E-state index in [2.05, 4.69) is 65.6 Å². The summed E-state index contributed by atoms with van der Waals surface area (Å²) in [5, 5.41) is 0. The highest BCUT2D eigenvalue weighted by molar-refractivity contribution is 5.19. The molecule has 0 aliphatic heterocycles. The second-order valence-corrected chi connectivity index (χ2v) is 5.59. The smallest absolute Gasteiger partial charge is 0.0602 e. The molecule has 2 heteroatoms. The molecule has 0 aliphatic carbocycles. The van der Waals surface area contributed by atoms with Crippen LogP contribution in [0.15, 0.2) is 60.7 Å². The maximum absolute atomic E-state index is 6.38. The Morgan fingerprint density at radius 3 is 1.55 bits per heavy atom. The van der Waals surface area contributed by atoms with Crippen LogP contribution in [-0.2, 0) is 12.8 Å². The van der Waals surface area contributed by atoms with Gasteiger partial charge in [-0.05, 0) is 44.0 Å². The normalized spacial score (nSPS) is 12.8. The molecule has 2 N–H and O–H groups in total.